The number of aromatic nitrogens is 1. The van der Waals surface area contributed by atoms with Crippen molar-refractivity contribution in [1.82, 2.24) is 4.98 Å². The van der Waals surface area contributed by atoms with Gasteiger partial charge in [-0.05, 0) is 38.1 Å². The quantitative estimate of drug-likeness (QED) is 0.870. The second-order valence-corrected chi connectivity index (χ2v) is 5.26. The summed E-state index contributed by atoms with van der Waals surface area (Å²) < 4.78 is 12.8. The first-order chi connectivity index (χ1) is 7.50. The summed E-state index contributed by atoms with van der Waals surface area (Å²) in [5.74, 6) is -0.345. The van der Waals surface area contributed by atoms with Crippen molar-refractivity contribution in [3.8, 4) is 0 Å². The monoisotopic (exact) mass is 236 g/mol. The molecule has 0 fully saturated rings. The van der Waals surface area contributed by atoms with E-state index in [1.807, 2.05) is 26.0 Å². The van der Waals surface area contributed by atoms with Crippen LogP contribution in [0.3, 0.4) is 0 Å². The number of nitrogens with zero attached hydrogens (tertiary/aromatic N) is 1. The fraction of sp³-hybridized carbons (Fsp3) is 0.250. The van der Waals surface area contributed by atoms with Crippen LogP contribution in [0.1, 0.15) is 22.4 Å². The van der Waals surface area contributed by atoms with Crippen LogP contribution < -0.4 is 5.73 Å². The van der Waals surface area contributed by atoms with E-state index in [4.69, 9.17) is 5.73 Å². The summed E-state index contributed by atoms with van der Waals surface area (Å²) in [6.45, 7) is 3.92. The second-order valence-electron chi connectivity index (χ2n) is 3.97. The lowest BCUT2D eigenvalue weighted by atomic mass is 9.96. The van der Waals surface area contributed by atoms with E-state index in [1.165, 1.54) is 17.1 Å². The molecule has 0 saturated carbocycles. The molecule has 1 unspecified atom stereocenters. The number of hydrogen-bond donors (Lipinski definition) is 1. The number of nitrogens with two attached hydrogens (primary N) is 1. The van der Waals surface area contributed by atoms with Gasteiger partial charge in [-0.1, -0.05) is 0 Å². The van der Waals surface area contributed by atoms with Gasteiger partial charge in [0.1, 0.15) is 5.82 Å². The van der Waals surface area contributed by atoms with Gasteiger partial charge in [0.25, 0.3) is 0 Å². The van der Waals surface area contributed by atoms with Crippen LogP contribution in [0, 0.1) is 12.7 Å². The minimum Gasteiger partial charge on any atom is -0.316 e. The zero-order valence-electron chi connectivity index (χ0n) is 9.20. The molecule has 0 radical (unpaired) electrons. The van der Waals surface area contributed by atoms with Crippen LogP contribution in [0.2, 0.25) is 0 Å². The van der Waals surface area contributed by atoms with E-state index < -0.39 is 5.54 Å². The molecule has 2 rings (SSSR count). The topological polar surface area (TPSA) is 38.9 Å². The fourth-order valence-corrected chi connectivity index (χ4v) is 2.46. The molecule has 0 saturated heterocycles. The van der Waals surface area contributed by atoms with Gasteiger partial charge < -0.3 is 5.73 Å². The third-order valence-electron chi connectivity index (χ3n) is 2.51. The Labute approximate surface area is 97.9 Å². The molecule has 4 heteroatoms. The largest absolute Gasteiger partial charge is 0.316 e. The Bertz CT molecular complexity index is 488. The number of thiophene rings is 1. The van der Waals surface area contributed by atoms with Gasteiger partial charge in [0.15, 0.2) is 0 Å². The summed E-state index contributed by atoms with van der Waals surface area (Å²) in [7, 11) is 0. The van der Waals surface area contributed by atoms with Gasteiger partial charge in [-0.3, -0.25) is 4.98 Å². The van der Waals surface area contributed by atoms with Gasteiger partial charge in [-0.15, -0.1) is 11.3 Å². The normalized spacial score (nSPS) is 14.8. The van der Waals surface area contributed by atoms with Gasteiger partial charge >= 0.3 is 0 Å². The van der Waals surface area contributed by atoms with Gasteiger partial charge in [0.05, 0.1) is 17.4 Å². The molecule has 0 aromatic carbocycles. The van der Waals surface area contributed by atoms with Crippen LogP contribution >= 0.6 is 11.3 Å². The van der Waals surface area contributed by atoms with Crippen LogP contribution in [0.15, 0.2) is 30.5 Å². The molecule has 0 amide bonds. The van der Waals surface area contributed by atoms with Crippen molar-refractivity contribution in [2.45, 2.75) is 19.4 Å². The van der Waals surface area contributed by atoms with Crippen LogP contribution in [0.5, 0.6) is 0 Å². The number of halogens is 1. The Morgan fingerprint density at radius 2 is 2.06 bits per heavy atom. The molecule has 2 heterocycles. The maximum atomic E-state index is 12.8. The molecule has 1 atom stereocenters. The van der Waals surface area contributed by atoms with Crippen molar-refractivity contribution in [2.24, 2.45) is 5.73 Å². The van der Waals surface area contributed by atoms with E-state index in [-0.39, 0.29) is 5.82 Å². The van der Waals surface area contributed by atoms with Crippen molar-refractivity contribution < 1.29 is 4.39 Å². The summed E-state index contributed by atoms with van der Waals surface area (Å²) in [6.07, 6.45) is 1.20. The number of hydrogen-bond acceptors (Lipinski definition) is 3. The first kappa shape index (κ1) is 11.2. The molecule has 2 N–H and O–H groups in total. The fourth-order valence-electron chi connectivity index (χ4n) is 1.52. The Balaban J connectivity index is 2.42. The molecular weight excluding hydrogens is 223 g/mol. The highest BCUT2D eigenvalue weighted by atomic mass is 32.1. The van der Waals surface area contributed by atoms with Gasteiger partial charge in [-0.2, -0.15) is 0 Å². The summed E-state index contributed by atoms with van der Waals surface area (Å²) in [4.78, 5) is 6.28. The van der Waals surface area contributed by atoms with E-state index >= 15 is 0 Å². The Kier molecular flexibility index (Phi) is 2.78. The lowest BCUT2D eigenvalue weighted by Gasteiger charge is -2.22. The molecule has 0 aliphatic carbocycles. The highest BCUT2D eigenvalue weighted by Gasteiger charge is 2.26. The number of aryl methyl sites for hydroxylation is 1. The second kappa shape index (κ2) is 3.96. The molecule has 2 aromatic rings. The van der Waals surface area contributed by atoms with Crippen LogP contribution in [0.25, 0.3) is 0 Å². The molecule has 2 aromatic heterocycles. The van der Waals surface area contributed by atoms with E-state index in [1.54, 1.807) is 17.4 Å². The number of pyridine rings is 1. The maximum Gasteiger partial charge on any atom is 0.141 e. The van der Waals surface area contributed by atoms with Crippen LogP contribution in [-0.2, 0) is 5.54 Å². The highest BCUT2D eigenvalue weighted by molar-refractivity contribution is 7.12. The van der Waals surface area contributed by atoms with Gasteiger partial charge in [-0.25, -0.2) is 4.39 Å². The SMILES string of the molecule is Cc1ccc(C(C)(N)c2ccc(F)cn2)s1. The molecular formula is C12H13FN2S. The lowest BCUT2D eigenvalue weighted by Crippen LogP contribution is -2.34. The zero-order chi connectivity index (χ0) is 11.8. The smallest absolute Gasteiger partial charge is 0.141 e. The minimum absolute atomic E-state index is 0.345. The predicted molar refractivity (Wildman–Crippen MR) is 63.9 cm³/mol. The zero-order valence-corrected chi connectivity index (χ0v) is 10.0. The minimum atomic E-state index is -0.660. The van der Waals surface area contributed by atoms with Gasteiger partial charge in [0, 0.05) is 9.75 Å². The Hall–Kier alpha value is -1.26. The first-order valence-corrected chi connectivity index (χ1v) is 5.79. The van der Waals surface area contributed by atoms with E-state index in [9.17, 15) is 4.39 Å². The summed E-state index contributed by atoms with van der Waals surface area (Å²) in [5, 5.41) is 0. The summed E-state index contributed by atoms with van der Waals surface area (Å²) in [6, 6.07) is 7.03. The first-order valence-electron chi connectivity index (χ1n) is 4.98. The molecule has 0 bridgehead atoms. The molecule has 0 aliphatic heterocycles. The van der Waals surface area contributed by atoms with E-state index in [2.05, 4.69) is 4.98 Å². The average molecular weight is 236 g/mol. The number of rotatable bonds is 2. The van der Waals surface area contributed by atoms with Crippen LogP contribution in [-0.4, -0.2) is 4.98 Å². The summed E-state index contributed by atoms with van der Waals surface area (Å²) in [5.41, 5.74) is 6.26. The van der Waals surface area contributed by atoms with Crippen molar-refractivity contribution in [3.63, 3.8) is 0 Å². The highest BCUT2D eigenvalue weighted by Crippen LogP contribution is 2.30. The molecule has 0 aliphatic rings. The predicted octanol–water partition coefficient (Wildman–Crippen LogP) is 2.81. The molecule has 2 nitrogen and oxygen atoms in total. The lowest BCUT2D eigenvalue weighted by molar-refractivity contribution is 0.577. The maximum absolute atomic E-state index is 12.8. The third-order valence-corrected chi connectivity index (χ3v) is 3.75. The van der Waals surface area contributed by atoms with Gasteiger partial charge in [0.2, 0.25) is 0 Å². The van der Waals surface area contributed by atoms with Crippen molar-refractivity contribution in [2.75, 3.05) is 0 Å². The standard InChI is InChI=1S/C12H13FN2S/c1-8-3-6-11(16-8)12(2,14)10-5-4-9(13)7-15-10/h3-7H,14H2,1-2H3. The Morgan fingerprint density at radius 1 is 1.31 bits per heavy atom. The van der Waals surface area contributed by atoms with E-state index in [0.717, 1.165) is 4.88 Å². The summed E-state index contributed by atoms with van der Waals surface area (Å²) >= 11 is 1.63. The van der Waals surface area contributed by atoms with Crippen molar-refractivity contribution in [1.29, 1.82) is 0 Å². The molecule has 84 valence electrons. The molecule has 16 heavy (non-hydrogen) atoms. The van der Waals surface area contributed by atoms with E-state index in [0.29, 0.717) is 5.69 Å². The average Bonchev–Trinajstić information content (AvgIpc) is 2.66. The van der Waals surface area contributed by atoms with Crippen molar-refractivity contribution in [3.05, 3.63) is 51.7 Å². The van der Waals surface area contributed by atoms with Crippen molar-refractivity contribution >= 4 is 11.3 Å². The third kappa shape index (κ3) is 1.99. The Morgan fingerprint density at radius 3 is 2.56 bits per heavy atom. The molecule has 0 spiro atoms. The van der Waals surface area contributed by atoms with Crippen LogP contribution in [0.4, 0.5) is 4.39 Å².